The highest BCUT2D eigenvalue weighted by atomic mass is 16.5. The van der Waals surface area contributed by atoms with Gasteiger partial charge in [0.25, 0.3) is 11.7 Å². The van der Waals surface area contributed by atoms with Gasteiger partial charge in [0, 0.05) is 18.7 Å². The number of carbonyl (C=O) groups excluding carboxylic acids is 2. The number of amides is 1. The van der Waals surface area contributed by atoms with E-state index in [9.17, 15) is 14.7 Å². The molecule has 0 saturated carbocycles. The zero-order valence-electron chi connectivity index (χ0n) is 18.0. The molecule has 30 heavy (non-hydrogen) atoms. The van der Waals surface area contributed by atoms with Gasteiger partial charge in [0.2, 0.25) is 0 Å². The number of ketones is 1. The SMILES string of the molecule is Cc1ccc(C2/C(=C(/O)c3ccc(OC(C)C)cc3)C(=O)C(=O)N2CCN(C)C)o1. The maximum atomic E-state index is 12.9. The number of hydrogen-bond acceptors (Lipinski definition) is 6. The van der Waals surface area contributed by atoms with Crippen molar-refractivity contribution in [2.75, 3.05) is 27.2 Å². The lowest BCUT2D eigenvalue weighted by Crippen LogP contribution is -2.35. The van der Waals surface area contributed by atoms with Crippen molar-refractivity contribution < 1.29 is 23.8 Å². The van der Waals surface area contributed by atoms with Crippen LogP contribution < -0.4 is 4.74 Å². The smallest absolute Gasteiger partial charge is 0.295 e. The van der Waals surface area contributed by atoms with Gasteiger partial charge in [-0.3, -0.25) is 9.59 Å². The van der Waals surface area contributed by atoms with Gasteiger partial charge in [0.05, 0.1) is 11.7 Å². The van der Waals surface area contributed by atoms with Crippen LogP contribution in [0, 0.1) is 6.92 Å². The number of rotatable bonds is 7. The maximum Gasteiger partial charge on any atom is 0.295 e. The molecule has 1 saturated heterocycles. The van der Waals surface area contributed by atoms with E-state index in [2.05, 4.69) is 0 Å². The molecule has 1 unspecified atom stereocenters. The van der Waals surface area contributed by atoms with Crippen molar-refractivity contribution in [2.24, 2.45) is 0 Å². The van der Waals surface area contributed by atoms with E-state index in [4.69, 9.17) is 9.15 Å². The second-order valence-corrected chi connectivity index (χ2v) is 7.94. The Morgan fingerprint density at radius 1 is 1.17 bits per heavy atom. The molecule has 7 nitrogen and oxygen atoms in total. The molecule has 7 heteroatoms. The average Bonchev–Trinajstić information content (AvgIpc) is 3.21. The van der Waals surface area contributed by atoms with Crippen LogP contribution in [-0.4, -0.2) is 59.9 Å². The van der Waals surface area contributed by atoms with Gasteiger partial charge in [-0.25, -0.2) is 0 Å². The number of aryl methyl sites for hydroxylation is 1. The number of hydrogen-bond donors (Lipinski definition) is 1. The van der Waals surface area contributed by atoms with Crippen LogP contribution in [0.15, 0.2) is 46.4 Å². The van der Waals surface area contributed by atoms with Crippen molar-refractivity contribution in [1.82, 2.24) is 9.80 Å². The average molecular weight is 412 g/mol. The molecule has 0 aliphatic carbocycles. The lowest BCUT2D eigenvalue weighted by atomic mass is 9.99. The predicted molar refractivity (Wildman–Crippen MR) is 113 cm³/mol. The lowest BCUT2D eigenvalue weighted by molar-refractivity contribution is -0.140. The minimum absolute atomic E-state index is 0.0219. The minimum Gasteiger partial charge on any atom is -0.507 e. The Bertz CT molecular complexity index is 956. The Balaban J connectivity index is 2.04. The van der Waals surface area contributed by atoms with Gasteiger partial charge in [-0.2, -0.15) is 0 Å². The summed E-state index contributed by atoms with van der Waals surface area (Å²) in [5.74, 6) is 0.192. The zero-order chi connectivity index (χ0) is 22.0. The van der Waals surface area contributed by atoms with Crippen molar-refractivity contribution in [3.63, 3.8) is 0 Å². The summed E-state index contributed by atoms with van der Waals surface area (Å²) in [7, 11) is 3.78. The molecule has 0 spiro atoms. The molecule has 0 radical (unpaired) electrons. The fourth-order valence-corrected chi connectivity index (χ4v) is 3.43. The van der Waals surface area contributed by atoms with Crippen molar-refractivity contribution in [2.45, 2.75) is 32.9 Å². The number of likely N-dealkylation sites (N-methyl/N-ethyl adjacent to an activating group) is 1. The molecule has 3 rings (SSSR count). The van der Waals surface area contributed by atoms with Gasteiger partial charge in [-0.15, -0.1) is 0 Å². The summed E-state index contributed by atoms with van der Waals surface area (Å²) in [6.07, 6.45) is 0.0219. The van der Waals surface area contributed by atoms with Gasteiger partial charge in [-0.1, -0.05) is 0 Å². The molecule has 1 fully saturated rings. The number of furan rings is 1. The highest BCUT2D eigenvalue weighted by Crippen LogP contribution is 2.40. The second-order valence-electron chi connectivity index (χ2n) is 7.94. The Hall–Kier alpha value is -3.06. The van der Waals surface area contributed by atoms with Gasteiger partial charge in [0.15, 0.2) is 0 Å². The van der Waals surface area contributed by atoms with E-state index in [0.29, 0.717) is 35.9 Å². The molecule has 160 valence electrons. The normalized spacial score (nSPS) is 18.6. The molecular formula is C23H28N2O5. The van der Waals surface area contributed by atoms with Crippen molar-refractivity contribution in [1.29, 1.82) is 0 Å². The van der Waals surface area contributed by atoms with E-state index in [-0.39, 0.29) is 17.4 Å². The van der Waals surface area contributed by atoms with Crippen LogP contribution in [0.4, 0.5) is 0 Å². The highest BCUT2D eigenvalue weighted by molar-refractivity contribution is 6.46. The first kappa shape index (κ1) is 21.6. The number of nitrogens with zero attached hydrogens (tertiary/aromatic N) is 2. The van der Waals surface area contributed by atoms with E-state index in [1.165, 1.54) is 4.90 Å². The summed E-state index contributed by atoms with van der Waals surface area (Å²) < 4.78 is 11.4. The number of aliphatic hydroxyl groups excluding tert-OH is 1. The summed E-state index contributed by atoms with van der Waals surface area (Å²) in [6, 6.07) is 9.54. The van der Waals surface area contributed by atoms with Crippen LogP contribution in [0.3, 0.4) is 0 Å². The fourth-order valence-electron chi connectivity index (χ4n) is 3.43. The maximum absolute atomic E-state index is 12.9. The van der Waals surface area contributed by atoms with Crippen LogP contribution in [0.25, 0.3) is 5.76 Å². The molecule has 1 aromatic heterocycles. The predicted octanol–water partition coefficient (Wildman–Crippen LogP) is 3.36. The lowest BCUT2D eigenvalue weighted by Gasteiger charge is -2.24. The summed E-state index contributed by atoms with van der Waals surface area (Å²) in [5.41, 5.74) is 0.468. The number of Topliss-reactive ketones (excluding diaryl/α,β-unsaturated/α-hetero) is 1. The molecular weight excluding hydrogens is 384 g/mol. The Morgan fingerprint density at radius 2 is 1.83 bits per heavy atom. The minimum atomic E-state index is -0.773. The number of likely N-dealkylation sites (tertiary alicyclic amines) is 1. The Morgan fingerprint density at radius 3 is 2.37 bits per heavy atom. The quantitative estimate of drug-likeness (QED) is 0.427. The van der Waals surface area contributed by atoms with E-state index in [1.807, 2.05) is 32.8 Å². The van der Waals surface area contributed by atoms with Crippen molar-refractivity contribution in [3.8, 4) is 5.75 Å². The van der Waals surface area contributed by atoms with Crippen LogP contribution in [-0.2, 0) is 9.59 Å². The van der Waals surface area contributed by atoms with E-state index in [0.717, 1.165) is 0 Å². The van der Waals surface area contributed by atoms with Gasteiger partial charge in [0.1, 0.15) is 29.1 Å². The first-order chi connectivity index (χ1) is 14.2. The highest BCUT2D eigenvalue weighted by Gasteiger charge is 2.47. The molecule has 1 atom stereocenters. The van der Waals surface area contributed by atoms with E-state index < -0.39 is 17.7 Å². The summed E-state index contributed by atoms with van der Waals surface area (Å²) >= 11 is 0. The van der Waals surface area contributed by atoms with Gasteiger partial charge >= 0.3 is 0 Å². The molecule has 1 amide bonds. The molecule has 2 aromatic rings. The Labute approximate surface area is 176 Å². The summed E-state index contributed by atoms with van der Waals surface area (Å²) in [4.78, 5) is 29.1. The topological polar surface area (TPSA) is 83.2 Å². The fraction of sp³-hybridized carbons (Fsp3) is 0.391. The Kier molecular flexibility index (Phi) is 6.31. The molecule has 0 bridgehead atoms. The summed E-state index contributed by atoms with van der Waals surface area (Å²) in [6.45, 7) is 6.55. The van der Waals surface area contributed by atoms with E-state index in [1.54, 1.807) is 43.3 Å². The summed E-state index contributed by atoms with van der Waals surface area (Å²) in [5, 5.41) is 11.0. The monoisotopic (exact) mass is 412 g/mol. The molecule has 2 heterocycles. The number of aliphatic hydroxyl groups is 1. The second kappa shape index (κ2) is 8.75. The first-order valence-corrected chi connectivity index (χ1v) is 9.95. The number of ether oxygens (including phenoxy) is 1. The zero-order valence-corrected chi connectivity index (χ0v) is 18.0. The molecule has 1 N–H and O–H groups in total. The number of benzene rings is 1. The third-order valence-corrected chi connectivity index (χ3v) is 4.86. The van der Waals surface area contributed by atoms with Crippen molar-refractivity contribution >= 4 is 17.4 Å². The standard InChI is InChI=1S/C23H28N2O5/c1-14(2)29-17-9-7-16(8-10-17)21(26)19-20(18-11-6-15(3)30-18)25(13-12-24(4)5)23(28)22(19)27/h6-11,14,20,26H,12-13H2,1-5H3/b21-19-. The molecule has 1 aromatic carbocycles. The van der Waals surface area contributed by atoms with Gasteiger partial charge < -0.3 is 24.1 Å². The number of carbonyl (C=O) groups is 2. The van der Waals surface area contributed by atoms with Crippen molar-refractivity contribution in [3.05, 3.63) is 59.1 Å². The third-order valence-electron chi connectivity index (χ3n) is 4.86. The largest absolute Gasteiger partial charge is 0.507 e. The molecule has 1 aliphatic rings. The van der Waals surface area contributed by atoms with E-state index >= 15 is 0 Å². The molecule has 1 aliphatic heterocycles. The third kappa shape index (κ3) is 4.41. The van der Waals surface area contributed by atoms with Crippen LogP contribution in [0.2, 0.25) is 0 Å². The van der Waals surface area contributed by atoms with Gasteiger partial charge in [-0.05, 0) is 71.3 Å². The first-order valence-electron chi connectivity index (χ1n) is 9.95. The van der Waals surface area contributed by atoms with Crippen LogP contribution in [0.1, 0.15) is 37.0 Å². The van der Waals surface area contributed by atoms with Crippen LogP contribution >= 0.6 is 0 Å². The van der Waals surface area contributed by atoms with Crippen LogP contribution in [0.5, 0.6) is 5.75 Å².